The van der Waals surface area contributed by atoms with Crippen molar-refractivity contribution in [1.82, 2.24) is 4.98 Å². The van der Waals surface area contributed by atoms with Gasteiger partial charge in [0.25, 0.3) is 0 Å². The van der Waals surface area contributed by atoms with Gasteiger partial charge < -0.3 is 10.7 Å². The van der Waals surface area contributed by atoms with Crippen molar-refractivity contribution in [2.45, 2.75) is 12.5 Å². The van der Waals surface area contributed by atoms with E-state index in [9.17, 15) is 0 Å². The van der Waals surface area contributed by atoms with Crippen LogP contribution in [0, 0.1) is 0 Å². The van der Waals surface area contributed by atoms with Gasteiger partial charge >= 0.3 is 0 Å². The van der Waals surface area contributed by atoms with Crippen LogP contribution in [0.4, 0.5) is 0 Å². The van der Waals surface area contributed by atoms with E-state index in [1.54, 1.807) is 0 Å². The molecule has 0 amide bonds. The molecule has 0 saturated carbocycles. The number of aromatic amines is 1. The van der Waals surface area contributed by atoms with Crippen LogP contribution in [0.25, 0.3) is 10.9 Å². The van der Waals surface area contributed by atoms with Gasteiger partial charge in [-0.15, -0.1) is 6.58 Å². The first-order valence-corrected chi connectivity index (χ1v) is 4.75. The molecule has 2 nitrogen and oxygen atoms in total. The molecule has 0 aliphatic carbocycles. The summed E-state index contributed by atoms with van der Waals surface area (Å²) in [6.45, 7) is 3.69. The van der Waals surface area contributed by atoms with Crippen LogP contribution in [-0.2, 0) is 0 Å². The molecule has 1 heterocycles. The molecule has 3 N–H and O–H groups in total. The first kappa shape index (κ1) is 9.03. The lowest BCUT2D eigenvalue weighted by atomic mass is 10.0. The van der Waals surface area contributed by atoms with Crippen LogP contribution in [0.15, 0.2) is 43.1 Å². The van der Waals surface area contributed by atoms with Gasteiger partial charge in [0.2, 0.25) is 0 Å². The van der Waals surface area contributed by atoms with Gasteiger partial charge in [0.05, 0.1) is 0 Å². The van der Waals surface area contributed by atoms with Crippen molar-refractivity contribution in [1.29, 1.82) is 0 Å². The summed E-state index contributed by atoms with van der Waals surface area (Å²) >= 11 is 0. The molecule has 1 atom stereocenters. The van der Waals surface area contributed by atoms with Crippen LogP contribution >= 0.6 is 0 Å². The fraction of sp³-hybridized carbons (Fsp3) is 0.167. The molecular formula is C12H14N2. The van der Waals surface area contributed by atoms with Gasteiger partial charge in [-0.25, -0.2) is 0 Å². The number of aromatic nitrogens is 1. The van der Waals surface area contributed by atoms with Crippen LogP contribution < -0.4 is 5.73 Å². The standard InChI is InChI=1S/C12H14N2/c1-2-3-11(13)10-5-4-9-6-7-14-12(9)8-10/h2,4-8,11,14H,1,3,13H2/t11-/m0/s1. The van der Waals surface area contributed by atoms with Gasteiger partial charge in [0.15, 0.2) is 0 Å². The lowest BCUT2D eigenvalue weighted by molar-refractivity contribution is 0.743. The topological polar surface area (TPSA) is 41.8 Å². The van der Waals surface area contributed by atoms with Crippen LogP contribution in [0.3, 0.4) is 0 Å². The lowest BCUT2D eigenvalue weighted by Gasteiger charge is -2.08. The third kappa shape index (κ3) is 1.56. The Morgan fingerprint density at radius 1 is 1.43 bits per heavy atom. The average molecular weight is 186 g/mol. The van der Waals surface area contributed by atoms with Gasteiger partial charge in [0.1, 0.15) is 0 Å². The van der Waals surface area contributed by atoms with Gasteiger partial charge in [-0.1, -0.05) is 18.2 Å². The summed E-state index contributed by atoms with van der Waals surface area (Å²) < 4.78 is 0. The number of H-pyrrole nitrogens is 1. The number of nitrogens with one attached hydrogen (secondary N) is 1. The van der Waals surface area contributed by atoms with Crippen molar-refractivity contribution >= 4 is 10.9 Å². The highest BCUT2D eigenvalue weighted by atomic mass is 14.7. The third-order valence-electron chi connectivity index (χ3n) is 2.43. The second-order valence-corrected chi connectivity index (χ2v) is 3.46. The van der Waals surface area contributed by atoms with E-state index in [0.717, 1.165) is 17.5 Å². The largest absolute Gasteiger partial charge is 0.361 e. The molecular weight excluding hydrogens is 172 g/mol. The summed E-state index contributed by atoms with van der Waals surface area (Å²) in [7, 11) is 0. The molecule has 0 saturated heterocycles. The van der Waals surface area contributed by atoms with Crippen molar-refractivity contribution in [3.63, 3.8) is 0 Å². The summed E-state index contributed by atoms with van der Waals surface area (Å²) in [4.78, 5) is 3.18. The zero-order valence-corrected chi connectivity index (χ0v) is 8.03. The normalized spacial score (nSPS) is 12.9. The molecule has 2 rings (SSSR count). The molecule has 0 aliphatic rings. The molecule has 1 aromatic heterocycles. The molecule has 0 spiro atoms. The lowest BCUT2D eigenvalue weighted by Crippen LogP contribution is -2.08. The highest BCUT2D eigenvalue weighted by Gasteiger charge is 2.04. The van der Waals surface area contributed by atoms with Crippen LogP contribution in [0.1, 0.15) is 18.0 Å². The van der Waals surface area contributed by atoms with E-state index >= 15 is 0 Å². The van der Waals surface area contributed by atoms with E-state index in [4.69, 9.17) is 5.73 Å². The molecule has 0 fully saturated rings. The van der Waals surface area contributed by atoms with E-state index < -0.39 is 0 Å². The fourth-order valence-corrected chi connectivity index (χ4v) is 1.61. The molecule has 0 radical (unpaired) electrons. The van der Waals surface area contributed by atoms with Gasteiger partial charge in [-0.2, -0.15) is 0 Å². The van der Waals surface area contributed by atoms with E-state index in [2.05, 4.69) is 35.8 Å². The average Bonchev–Trinajstić information content (AvgIpc) is 2.64. The predicted octanol–water partition coefficient (Wildman–Crippen LogP) is 2.74. The summed E-state index contributed by atoms with van der Waals surface area (Å²) in [5, 5.41) is 1.22. The third-order valence-corrected chi connectivity index (χ3v) is 2.43. The van der Waals surface area contributed by atoms with E-state index in [-0.39, 0.29) is 6.04 Å². The minimum atomic E-state index is 0.0557. The first-order chi connectivity index (χ1) is 6.81. The second-order valence-electron chi connectivity index (χ2n) is 3.46. The molecule has 14 heavy (non-hydrogen) atoms. The molecule has 0 aliphatic heterocycles. The molecule has 1 aromatic carbocycles. The number of hydrogen-bond acceptors (Lipinski definition) is 1. The van der Waals surface area contributed by atoms with Gasteiger partial charge in [0, 0.05) is 17.8 Å². The second kappa shape index (κ2) is 3.68. The zero-order chi connectivity index (χ0) is 9.97. The fourth-order valence-electron chi connectivity index (χ4n) is 1.61. The number of benzene rings is 1. The van der Waals surface area contributed by atoms with Crippen molar-refractivity contribution in [3.05, 3.63) is 48.7 Å². The Bertz CT molecular complexity index is 442. The Morgan fingerprint density at radius 3 is 3.07 bits per heavy atom. The first-order valence-electron chi connectivity index (χ1n) is 4.75. The summed E-state index contributed by atoms with van der Waals surface area (Å²) in [5.74, 6) is 0. The maximum atomic E-state index is 5.98. The Labute approximate surface area is 83.4 Å². The molecule has 0 unspecified atom stereocenters. The Morgan fingerprint density at radius 2 is 2.29 bits per heavy atom. The highest BCUT2D eigenvalue weighted by Crippen LogP contribution is 2.19. The van der Waals surface area contributed by atoms with E-state index in [1.807, 2.05) is 12.3 Å². The zero-order valence-electron chi connectivity index (χ0n) is 8.03. The Kier molecular flexibility index (Phi) is 2.37. The summed E-state index contributed by atoms with van der Waals surface area (Å²) in [6.07, 6.45) is 4.60. The summed E-state index contributed by atoms with van der Waals surface area (Å²) in [5.41, 5.74) is 8.27. The van der Waals surface area contributed by atoms with Crippen molar-refractivity contribution < 1.29 is 0 Å². The number of fused-ring (bicyclic) bond motifs is 1. The van der Waals surface area contributed by atoms with Crippen molar-refractivity contribution in [2.24, 2.45) is 5.73 Å². The monoisotopic (exact) mass is 186 g/mol. The smallest absolute Gasteiger partial charge is 0.0457 e. The maximum Gasteiger partial charge on any atom is 0.0457 e. The molecule has 0 bridgehead atoms. The number of hydrogen-bond donors (Lipinski definition) is 2. The van der Waals surface area contributed by atoms with Gasteiger partial charge in [-0.3, -0.25) is 0 Å². The Balaban J connectivity index is 2.38. The van der Waals surface area contributed by atoms with Gasteiger partial charge in [-0.05, 0) is 29.5 Å². The van der Waals surface area contributed by atoms with Crippen molar-refractivity contribution in [3.8, 4) is 0 Å². The molecule has 2 heteroatoms. The minimum Gasteiger partial charge on any atom is -0.361 e. The predicted molar refractivity (Wildman–Crippen MR) is 60.0 cm³/mol. The highest BCUT2D eigenvalue weighted by molar-refractivity contribution is 5.79. The molecule has 2 aromatic rings. The Hall–Kier alpha value is -1.54. The maximum absolute atomic E-state index is 5.98. The minimum absolute atomic E-state index is 0.0557. The molecule has 72 valence electrons. The number of rotatable bonds is 3. The SMILES string of the molecule is C=CC[C@H](N)c1ccc2cc[nH]c2c1. The summed E-state index contributed by atoms with van der Waals surface area (Å²) in [6, 6.07) is 8.37. The van der Waals surface area contributed by atoms with Crippen LogP contribution in [0.5, 0.6) is 0 Å². The quantitative estimate of drug-likeness (QED) is 0.711. The van der Waals surface area contributed by atoms with Crippen molar-refractivity contribution in [2.75, 3.05) is 0 Å². The van der Waals surface area contributed by atoms with E-state index in [1.165, 1.54) is 5.39 Å². The van der Waals surface area contributed by atoms with Crippen LogP contribution in [0.2, 0.25) is 0 Å². The number of nitrogens with two attached hydrogens (primary N) is 1. The van der Waals surface area contributed by atoms with E-state index in [0.29, 0.717) is 0 Å². The van der Waals surface area contributed by atoms with Crippen LogP contribution in [-0.4, -0.2) is 4.98 Å².